The molecule has 0 aromatic carbocycles. The van der Waals surface area contributed by atoms with Crippen LogP contribution in [-0.4, -0.2) is 60.0 Å². The average Bonchev–Trinajstić information content (AvgIpc) is 2.81. The molecule has 1 aromatic rings. The summed E-state index contributed by atoms with van der Waals surface area (Å²) in [6.45, 7) is 7.96. The van der Waals surface area contributed by atoms with Gasteiger partial charge in [-0.2, -0.15) is 5.10 Å². The number of rotatable bonds is 7. The van der Waals surface area contributed by atoms with E-state index in [9.17, 15) is 4.79 Å². The fraction of sp³-hybridized carbons (Fsp3) is 0.714. The quantitative estimate of drug-likeness (QED) is 0.743. The molecule has 1 aliphatic rings. The second-order valence-corrected chi connectivity index (χ2v) is 6.09. The Kier molecular flexibility index (Phi) is 6.66. The van der Waals surface area contributed by atoms with Crippen molar-refractivity contribution in [2.24, 2.45) is 0 Å². The first-order valence-electron chi connectivity index (χ1n) is 7.41. The Morgan fingerprint density at radius 1 is 1.43 bits per heavy atom. The van der Waals surface area contributed by atoms with Crippen molar-refractivity contribution in [2.45, 2.75) is 26.3 Å². The van der Waals surface area contributed by atoms with Gasteiger partial charge in [0.1, 0.15) is 0 Å². The van der Waals surface area contributed by atoms with Gasteiger partial charge in [-0.1, -0.05) is 0 Å². The van der Waals surface area contributed by atoms with E-state index in [4.69, 9.17) is 4.74 Å². The van der Waals surface area contributed by atoms with E-state index in [1.54, 1.807) is 4.68 Å². The van der Waals surface area contributed by atoms with E-state index >= 15 is 0 Å². The third-order valence-electron chi connectivity index (χ3n) is 3.53. The van der Waals surface area contributed by atoms with Crippen LogP contribution in [0.25, 0.3) is 0 Å². The van der Waals surface area contributed by atoms with Crippen LogP contribution in [-0.2, 0) is 16.1 Å². The van der Waals surface area contributed by atoms with Crippen LogP contribution in [0.5, 0.6) is 0 Å². The number of ether oxygens (including phenoxy) is 1. The first kappa shape index (κ1) is 16.5. The fourth-order valence-corrected chi connectivity index (χ4v) is 2.58. The van der Waals surface area contributed by atoms with Crippen molar-refractivity contribution in [2.75, 3.05) is 39.4 Å². The van der Waals surface area contributed by atoms with Crippen LogP contribution in [0.2, 0.25) is 0 Å². The summed E-state index contributed by atoms with van der Waals surface area (Å²) >= 11 is 3.41. The van der Waals surface area contributed by atoms with E-state index in [1.165, 1.54) is 0 Å². The van der Waals surface area contributed by atoms with Crippen LogP contribution in [0.15, 0.2) is 10.7 Å². The summed E-state index contributed by atoms with van der Waals surface area (Å²) in [7, 11) is 0. The number of amides is 1. The average molecular weight is 359 g/mol. The molecule has 0 unspecified atom stereocenters. The second-order valence-electron chi connectivity index (χ2n) is 5.23. The molecule has 7 heteroatoms. The molecule has 0 aliphatic carbocycles. The lowest BCUT2D eigenvalue weighted by atomic mass is 10.3. The lowest BCUT2D eigenvalue weighted by molar-refractivity contribution is -0.121. The molecule has 0 radical (unpaired) electrons. The summed E-state index contributed by atoms with van der Waals surface area (Å²) in [4.78, 5) is 14.1. The molecule has 6 nitrogen and oxygen atoms in total. The van der Waals surface area contributed by atoms with Crippen molar-refractivity contribution in [3.8, 4) is 0 Å². The van der Waals surface area contributed by atoms with E-state index in [0.717, 1.165) is 56.0 Å². The van der Waals surface area contributed by atoms with E-state index < -0.39 is 0 Å². The number of carbonyl (C=O) groups excluding carboxylic acids is 1. The van der Waals surface area contributed by atoms with E-state index in [2.05, 4.69) is 31.2 Å². The summed E-state index contributed by atoms with van der Waals surface area (Å²) in [5.41, 5.74) is 0.945. The van der Waals surface area contributed by atoms with Gasteiger partial charge in [-0.15, -0.1) is 0 Å². The lowest BCUT2D eigenvalue weighted by Gasteiger charge is -2.26. The Bertz CT molecular complexity index is 438. The first-order chi connectivity index (χ1) is 10.1. The highest BCUT2D eigenvalue weighted by Gasteiger charge is 2.09. The van der Waals surface area contributed by atoms with E-state index in [0.29, 0.717) is 13.0 Å². The standard InChI is InChI=1S/C14H23BrN4O2/c1-12-13(15)11-19(17-12)6-3-14(20)16-4-2-5-18-7-9-21-10-8-18/h11H,2-10H2,1H3,(H,16,20). The largest absolute Gasteiger partial charge is 0.379 e. The van der Waals surface area contributed by atoms with Crippen LogP contribution in [0.1, 0.15) is 18.5 Å². The van der Waals surface area contributed by atoms with Crippen LogP contribution in [0, 0.1) is 6.92 Å². The molecule has 1 N–H and O–H groups in total. The van der Waals surface area contributed by atoms with Crippen LogP contribution in [0.3, 0.4) is 0 Å². The van der Waals surface area contributed by atoms with Gasteiger partial charge in [0.25, 0.3) is 0 Å². The first-order valence-corrected chi connectivity index (χ1v) is 8.21. The molecule has 0 saturated carbocycles. The van der Waals surface area contributed by atoms with Gasteiger partial charge < -0.3 is 10.1 Å². The van der Waals surface area contributed by atoms with Crippen LogP contribution in [0.4, 0.5) is 0 Å². The molecule has 1 aromatic heterocycles. The summed E-state index contributed by atoms with van der Waals surface area (Å²) in [5, 5.41) is 7.28. The summed E-state index contributed by atoms with van der Waals surface area (Å²) < 4.78 is 8.08. The van der Waals surface area contributed by atoms with Gasteiger partial charge in [0.2, 0.25) is 5.91 Å². The van der Waals surface area contributed by atoms with Gasteiger partial charge in [-0.05, 0) is 35.8 Å². The minimum atomic E-state index is 0.0845. The lowest BCUT2D eigenvalue weighted by Crippen LogP contribution is -2.38. The molecular weight excluding hydrogens is 336 g/mol. The third kappa shape index (κ3) is 5.76. The van der Waals surface area contributed by atoms with Gasteiger partial charge in [0.05, 0.1) is 23.4 Å². The molecule has 21 heavy (non-hydrogen) atoms. The van der Waals surface area contributed by atoms with Crippen molar-refractivity contribution >= 4 is 21.8 Å². The minimum Gasteiger partial charge on any atom is -0.379 e. The van der Waals surface area contributed by atoms with Crippen molar-refractivity contribution < 1.29 is 9.53 Å². The molecule has 1 fully saturated rings. The molecule has 0 atom stereocenters. The predicted molar refractivity (Wildman–Crippen MR) is 84.2 cm³/mol. The van der Waals surface area contributed by atoms with Gasteiger partial charge >= 0.3 is 0 Å². The SMILES string of the molecule is Cc1nn(CCC(=O)NCCCN2CCOCC2)cc1Br. The maximum absolute atomic E-state index is 11.8. The molecule has 1 aliphatic heterocycles. The fourth-order valence-electron chi connectivity index (χ4n) is 2.27. The van der Waals surface area contributed by atoms with Gasteiger partial charge in [0.15, 0.2) is 0 Å². The molecule has 2 rings (SSSR count). The molecule has 0 spiro atoms. The zero-order valence-electron chi connectivity index (χ0n) is 12.5. The topological polar surface area (TPSA) is 59.4 Å². The molecule has 0 bridgehead atoms. The number of hydrogen-bond donors (Lipinski definition) is 1. The number of morpholine rings is 1. The zero-order valence-corrected chi connectivity index (χ0v) is 14.1. The maximum atomic E-state index is 11.8. The van der Waals surface area contributed by atoms with Crippen molar-refractivity contribution in [1.82, 2.24) is 20.0 Å². The van der Waals surface area contributed by atoms with E-state index in [-0.39, 0.29) is 5.91 Å². The zero-order chi connectivity index (χ0) is 15.1. The minimum absolute atomic E-state index is 0.0845. The molecule has 118 valence electrons. The number of hydrogen-bond acceptors (Lipinski definition) is 4. The molecule has 1 saturated heterocycles. The number of nitrogens with one attached hydrogen (secondary N) is 1. The summed E-state index contributed by atoms with van der Waals surface area (Å²) in [6.07, 6.45) is 3.35. The number of halogens is 1. The normalized spacial score (nSPS) is 16.1. The highest BCUT2D eigenvalue weighted by Crippen LogP contribution is 2.13. The van der Waals surface area contributed by atoms with Crippen LogP contribution < -0.4 is 5.32 Å². The highest BCUT2D eigenvalue weighted by molar-refractivity contribution is 9.10. The molecule has 1 amide bonds. The number of aryl methyl sites for hydroxylation is 2. The number of carbonyl (C=O) groups is 1. The molecule has 2 heterocycles. The van der Waals surface area contributed by atoms with Gasteiger partial charge in [0, 0.05) is 38.8 Å². The molecular formula is C14H23BrN4O2. The summed E-state index contributed by atoms with van der Waals surface area (Å²) in [5.74, 6) is 0.0845. The van der Waals surface area contributed by atoms with Gasteiger partial charge in [-0.3, -0.25) is 14.4 Å². The highest BCUT2D eigenvalue weighted by atomic mass is 79.9. The Labute approximate surface area is 133 Å². The number of aromatic nitrogens is 2. The van der Waals surface area contributed by atoms with Gasteiger partial charge in [-0.25, -0.2) is 0 Å². The van der Waals surface area contributed by atoms with Crippen molar-refractivity contribution in [3.63, 3.8) is 0 Å². The smallest absolute Gasteiger partial charge is 0.221 e. The van der Waals surface area contributed by atoms with Crippen LogP contribution >= 0.6 is 15.9 Å². The second kappa shape index (κ2) is 8.51. The Morgan fingerprint density at radius 2 is 2.19 bits per heavy atom. The van der Waals surface area contributed by atoms with Crippen molar-refractivity contribution in [1.29, 1.82) is 0 Å². The summed E-state index contributed by atoms with van der Waals surface area (Å²) in [6, 6.07) is 0. The Morgan fingerprint density at radius 3 is 2.86 bits per heavy atom. The van der Waals surface area contributed by atoms with Crippen molar-refractivity contribution in [3.05, 3.63) is 16.4 Å². The Balaban J connectivity index is 1.55. The maximum Gasteiger partial charge on any atom is 0.221 e. The monoisotopic (exact) mass is 358 g/mol. The predicted octanol–water partition coefficient (Wildman–Crippen LogP) is 1.18. The Hall–Kier alpha value is -0.920. The number of nitrogens with zero attached hydrogens (tertiary/aromatic N) is 3. The third-order valence-corrected chi connectivity index (χ3v) is 4.31. The van der Waals surface area contributed by atoms with E-state index in [1.807, 2.05) is 13.1 Å².